The second-order valence-electron chi connectivity index (χ2n) is 7.19. The van der Waals surface area contributed by atoms with Gasteiger partial charge in [0.05, 0.1) is 30.4 Å². The summed E-state index contributed by atoms with van der Waals surface area (Å²) < 4.78 is 15.9. The molecule has 0 spiro atoms. The third kappa shape index (κ3) is 4.74. The molecule has 1 saturated heterocycles. The van der Waals surface area contributed by atoms with Gasteiger partial charge in [0.25, 0.3) is 11.7 Å². The molecule has 7 nitrogen and oxygen atoms in total. The normalized spacial score (nSPS) is 17.6. The Bertz CT molecular complexity index is 1030. The number of nitrogens with zero attached hydrogens (tertiary/aromatic N) is 1. The lowest BCUT2D eigenvalue weighted by molar-refractivity contribution is -0.140. The molecule has 0 aromatic heterocycles. The third-order valence-corrected chi connectivity index (χ3v) is 5.53. The number of rotatable bonds is 9. The molecule has 1 amide bonds. The third-order valence-electron chi connectivity index (χ3n) is 5.20. The van der Waals surface area contributed by atoms with E-state index in [1.165, 1.54) is 12.0 Å². The highest BCUT2D eigenvalue weighted by Crippen LogP contribution is 2.41. The number of carbonyl (C=O) groups excluding carboxylic acids is 2. The first kappa shape index (κ1) is 23.6. The van der Waals surface area contributed by atoms with E-state index in [-0.39, 0.29) is 28.5 Å². The smallest absolute Gasteiger partial charge is 0.295 e. The Morgan fingerprint density at radius 1 is 1.12 bits per heavy atom. The van der Waals surface area contributed by atoms with Crippen LogP contribution >= 0.6 is 11.6 Å². The van der Waals surface area contributed by atoms with Crippen LogP contribution in [0.1, 0.15) is 30.5 Å². The minimum atomic E-state index is -0.797. The van der Waals surface area contributed by atoms with E-state index >= 15 is 0 Å². The van der Waals surface area contributed by atoms with Crippen LogP contribution < -0.4 is 9.47 Å². The molecule has 1 N–H and O–H groups in total. The van der Waals surface area contributed by atoms with Crippen molar-refractivity contribution in [2.75, 3.05) is 34.0 Å². The van der Waals surface area contributed by atoms with Gasteiger partial charge in [0.15, 0.2) is 0 Å². The maximum atomic E-state index is 13.1. The number of methoxy groups -OCH3 is 2. The maximum absolute atomic E-state index is 13.1. The van der Waals surface area contributed by atoms with Crippen LogP contribution in [0.25, 0.3) is 5.76 Å². The summed E-state index contributed by atoms with van der Waals surface area (Å²) in [5.74, 6) is -0.748. The van der Waals surface area contributed by atoms with Gasteiger partial charge in [-0.05, 0) is 49.2 Å². The SMILES string of the molecule is CCOc1ccc(Cl)c(/C(O)=C2\C(=O)C(=O)N(CCCOC)C2c2cccc(OC)c2)c1. The van der Waals surface area contributed by atoms with Crippen LogP contribution in [0.2, 0.25) is 5.02 Å². The summed E-state index contributed by atoms with van der Waals surface area (Å²) in [6.07, 6.45) is 0.532. The molecule has 1 heterocycles. The lowest BCUT2D eigenvalue weighted by atomic mass is 9.95. The largest absolute Gasteiger partial charge is 0.507 e. The second-order valence-corrected chi connectivity index (χ2v) is 7.60. The lowest BCUT2D eigenvalue weighted by Crippen LogP contribution is -2.31. The topological polar surface area (TPSA) is 85.3 Å². The number of aliphatic hydroxyl groups excluding tert-OH is 1. The van der Waals surface area contributed by atoms with Gasteiger partial charge in [-0.15, -0.1) is 0 Å². The maximum Gasteiger partial charge on any atom is 0.295 e. The van der Waals surface area contributed by atoms with Crippen LogP contribution in [0.4, 0.5) is 0 Å². The van der Waals surface area contributed by atoms with E-state index in [9.17, 15) is 14.7 Å². The minimum absolute atomic E-state index is 0.0313. The standard InChI is InChI=1S/C24H26ClNO6/c1-4-32-17-9-10-19(25)18(14-17)22(27)20-21(15-7-5-8-16(13-15)31-3)26(11-6-12-30-2)24(29)23(20)28/h5,7-10,13-14,21,27H,4,6,11-12H2,1-3H3/b22-20+. The van der Waals surface area contributed by atoms with Crippen LogP contribution in [-0.4, -0.2) is 55.7 Å². The molecule has 0 bridgehead atoms. The number of ketones is 1. The van der Waals surface area contributed by atoms with Crippen molar-refractivity contribution in [3.05, 3.63) is 64.2 Å². The quantitative estimate of drug-likeness (QED) is 0.262. The first-order chi connectivity index (χ1) is 15.4. The number of aliphatic hydroxyl groups is 1. The Morgan fingerprint density at radius 3 is 2.59 bits per heavy atom. The van der Waals surface area contributed by atoms with Gasteiger partial charge in [0.1, 0.15) is 17.3 Å². The molecular weight excluding hydrogens is 434 g/mol. The van der Waals surface area contributed by atoms with E-state index in [4.69, 9.17) is 25.8 Å². The fourth-order valence-electron chi connectivity index (χ4n) is 3.74. The number of benzene rings is 2. The molecule has 170 valence electrons. The predicted octanol–water partition coefficient (Wildman–Crippen LogP) is 4.21. The van der Waals surface area contributed by atoms with Gasteiger partial charge in [0.2, 0.25) is 0 Å². The highest BCUT2D eigenvalue weighted by atomic mass is 35.5. The van der Waals surface area contributed by atoms with Crippen molar-refractivity contribution >= 4 is 29.1 Å². The summed E-state index contributed by atoms with van der Waals surface area (Å²) >= 11 is 6.34. The Balaban J connectivity index is 2.17. The zero-order valence-electron chi connectivity index (χ0n) is 18.3. The summed E-state index contributed by atoms with van der Waals surface area (Å²) in [5.41, 5.74) is 0.830. The number of likely N-dealkylation sites (tertiary alicyclic amines) is 1. The van der Waals surface area contributed by atoms with Crippen LogP contribution in [0, 0.1) is 0 Å². The minimum Gasteiger partial charge on any atom is -0.507 e. The zero-order chi connectivity index (χ0) is 23.3. The second kappa shape index (κ2) is 10.5. The Labute approximate surface area is 192 Å². The van der Waals surface area contributed by atoms with Crippen molar-refractivity contribution in [2.45, 2.75) is 19.4 Å². The summed E-state index contributed by atoms with van der Waals surface area (Å²) in [5, 5.41) is 11.5. The molecule has 1 aliphatic heterocycles. The molecule has 2 aromatic rings. The molecule has 1 fully saturated rings. The Morgan fingerprint density at radius 2 is 1.91 bits per heavy atom. The molecule has 1 atom stereocenters. The van der Waals surface area contributed by atoms with Gasteiger partial charge in [0, 0.05) is 25.8 Å². The van der Waals surface area contributed by atoms with E-state index in [1.807, 2.05) is 6.92 Å². The summed E-state index contributed by atoms with van der Waals surface area (Å²) in [7, 11) is 3.11. The molecule has 1 aliphatic rings. The summed E-state index contributed by atoms with van der Waals surface area (Å²) in [4.78, 5) is 27.5. The Kier molecular flexibility index (Phi) is 7.77. The van der Waals surface area contributed by atoms with E-state index in [2.05, 4.69) is 0 Å². The molecule has 1 unspecified atom stereocenters. The fourth-order valence-corrected chi connectivity index (χ4v) is 3.94. The molecular formula is C24H26ClNO6. The molecule has 8 heteroatoms. The zero-order valence-corrected chi connectivity index (χ0v) is 19.0. The van der Waals surface area contributed by atoms with E-state index < -0.39 is 17.7 Å². The van der Waals surface area contributed by atoms with E-state index in [0.717, 1.165) is 0 Å². The van der Waals surface area contributed by atoms with Crippen molar-refractivity contribution in [1.82, 2.24) is 4.90 Å². The average molecular weight is 460 g/mol. The Hall–Kier alpha value is -3.03. The van der Waals surface area contributed by atoms with Crippen LogP contribution in [0.5, 0.6) is 11.5 Å². The highest BCUT2D eigenvalue weighted by Gasteiger charge is 2.46. The number of Topliss-reactive ketones (excluding diaryl/α,β-unsaturated/α-hetero) is 1. The lowest BCUT2D eigenvalue weighted by Gasteiger charge is -2.25. The molecule has 0 saturated carbocycles. The first-order valence-corrected chi connectivity index (χ1v) is 10.6. The van der Waals surface area contributed by atoms with E-state index in [0.29, 0.717) is 36.7 Å². The monoisotopic (exact) mass is 459 g/mol. The van der Waals surface area contributed by atoms with Crippen molar-refractivity contribution in [3.8, 4) is 11.5 Å². The molecule has 3 rings (SSSR count). The van der Waals surface area contributed by atoms with Crippen LogP contribution in [0.3, 0.4) is 0 Å². The molecule has 32 heavy (non-hydrogen) atoms. The van der Waals surface area contributed by atoms with Crippen LogP contribution in [-0.2, 0) is 14.3 Å². The van der Waals surface area contributed by atoms with Gasteiger partial charge >= 0.3 is 0 Å². The van der Waals surface area contributed by atoms with Gasteiger partial charge in [-0.3, -0.25) is 9.59 Å². The van der Waals surface area contributed by atoms with Crippen molar-refractivity contribution in [2.24, 2.45) is 0 Å². The van der Waals surface area contributed by atoms with Crippen molar-refractivity contribution in [3.63, 3.8) is 0 Å². The summed E-state index contributed by atoms with van der Waals surface area (Å²) in [6, 6.07) is 11.1. The van der Waals surface area contributed by atoms with Gasteiger partial charge in [-0.2, -0.15) is 0 Å². The number of hydrogen-bond donors (Lipinski definition) is 1. The molecule has 2 aromatic carbocycles. The predicted molar refractivity (Wildman–Crippen MR) is 121 cm³/mol. The van der Waals surface area contributed by atoms with Gasteiger partial charge in [-0.1, -0.05) is 23.7 Å². The fraction of sp³-hybridized carbons (Fsp3) is 0.333. The number of carbonyl (C=O) groups is 2. The van der Waals surface area contributed by atoms with Crippen molar-refractivity contribution < 1.29 is 28.9 Å². The van der Waals surface area contributed by atoms with Crippen LogP contribution in [0.15, 0.2) is 48.0 Å². The number of ether oxygens (including phenoxy) is 3. The summed E-state index contributed by atoms with van der Waals surface area (Å²) in [6.45, 7) is 2.97. The van der Waals surface area contributed by atoms with Gasteiger partial charge in [-0.25, -0.2) is 0 Å². The molecule has 0 aliphatic carbocycles. The highest BCUT2D eigenvalue weighted by molar-refractivity contribution is 6.47. The van der Waals surface area contributed by atoms with Gasteiger partial charge < -0.3 is 24.2 Å². The molecule has 0 radical (unpaired) electrons. The number of halogens is 1. The number of amides is 1. The van der Waals surface area contributed by atoms with E-state index in [1.54, 1.807) is 49.6 Å². The van der Waals surface area contributed by atoms with Crippen molar-refractivity contribution in [1.29, 1.82) is 0 Å². The number of hydrogen-bond acceptors (Lipinski definition) is 6. The average Bonchev–Trinajstić information content (AvgIpc) is 3.05. The first-order valence-electron chi connectivity index (χ1n) is 10.3.